The Labute approximate surface area is 163 Å². The van der Waals surface area contributed by atoms with Crippen LogP contribution in [0.2, 0.25) is 5.02 Å². The van der Waals surface area contributed by atoms with Crippen molar-refractivity contribution < 1.29 is 4.79 Å². The van der Waals surface area contributed by atoms with Crippen LogP contribution in [0.1, 0.15) is 34.4 Å². The number of aromatic nitrogens is 2. The van der Waals surface area contributed by atoms with Crippen LogP contribution in [0.4, 0.5) is 11.5 Å². The first-order valence-electron chi connectivity index (χ1n) is 8.78. The van der Waals surface area contributed by atoms with E-state index in [9.17, 15) is 4.79 Å². The molecule has 3 rings (SSSR count). The zero-order valence-corrected chi connectivity index (χ0v) is 16.0. The molecule has 0 atom stereocenters. The molecule has 0 fully saturated rings. The van der Waals surface area contributed by atoms with Gasteiger partial charge in [-0.15, -0.1) is 0 Å². The van der Waals surface area contributed by atoms with Crippen LogP contribution >= 0.6 is 11.6 Å². The number of amides is 1. The van der Waals surface area contributed by atoms with Gasteiger partial charge in [-0.1, -0.05) is 48.9 Å². The lowest BCUT2D eigenvalue weighted by Gasteiger charge is -2.11. The molecule has 0 aliphatic carbocycles. The summed E-state index contributed by atoms with van der Waals surface area (Å²) < 4.78 is 0. The van der Waals surface area contributed by atoms with Crippen LogP contribution in [0.3, 0.4) is 0 Å². The van der Waals surface area contributed by atoms with Gasteiger partial charge in [0, 0.05) is 23.3 Å². The number of carbonyl (C=O) groups is 1. The van der Waals surface area contributed by atoms with Gasteiger partial charge in [0.1, 0.15) is 17.3 Å². The van der Waals surface area contributed by atoms with Crippen LogP contribution in [0.5, 0.6) is 0 Å². The highest BCUT2D eigenvalue weighted by Crippen LogP contribution is 2.17. The van der Waals surface area contributed by atoms with E-state index in [2.05, 4.69) is 27.5 Å². The highest BCUT2D eigenvalue weighted by Gasteiger charge is 2.12. The lowest BCUT2D eigenvalue weighted by Crippen LogP contribution is -2.16. The number of aryl methyl sites for hydroxylation is 2. The van der Waals surface area contributed by atoms with E-state index in [0.717, 1.165) is 23.2 Å². The molecule has 1 amide bonds. The third-order valence-corrected chi connectivity index (χ3v) is 4.36. The number of para-hydroxylation sites is 1. The molecule has 6 heteroatoms. The Hall–Kier alpha value is -2.92. The molecule has 5 nitrogen and oxygen atoms in total. The van der Waals surface area contributed by atoms with Gasteiger partial charge in [0.05, 0.1) is 0 Å². The number of hydrogen-bond acceptors (Lipinski definition) is 4. The van der Waals surface area contributed by atoms with E-state index < -0.39 is 0 Å². The van der Waals surface area contributed by atoms with Crippen LogP contribution in [0.25, 0.3) is 0 Å². The summed E-state index contributed by atoms with van der Waals surface area (Å²) in [7, 11) is 0. The summed E-state index contributed by atoms with van der Waals surface area (Å²) in [5.41, 5.74) is 3.28. The van der Waals surface area contributed by atoms with Crippen molar-refractivity contribution >= 4 is 29.0 Å². The van der Waals surface area contributed by atoms with Crippen molar-refractivity contribution in [3.8, 4) is 0 Å². The van der Waals surface area contributed by atoms with E-state index in [-0.39, 0.29) is 5.91 Å². The monoisotopic (exact) mass is 380 g/mol. The van der Waals surface area contributed by atoms with E-state index in [1.165, 1.54) is 0 Å². The molecule has 27 heavy (non-hydrogen) atoms. The van der Waals surface area contributed by atoms with Crippen molar-refractivity contribution in [3.63, 3.8) is 0 Å². The molecule has 138 valence electrons. The normalized spacial score (nSPS) is 10.5. The number of benzene rings is 2. The van der Waals surface area contributed by atoms with Gasteiger partial charge in [0.25, 0.3) is 5.91 Å². The molecule has 2 aromatic carbocycles. The number of hydrogen-bond donors (Lipinski definition) is 2. The Morgan fingerprint density at radius 2 is 1.81 bits per heavy atom. The summed E-state index contributed by atoms with van der Waals surface area (Å²) in [6.45, 7) is 4.40. The largest absolute Gasteiger partial charge is 0.366 e. The number of halogens is 1. The first-order valence-corrected chi connectivity index (χ1v) is 9.16. The van der Waals surface area contributed by atoms with Gasteiger partial charge >= 0.3 is 0 Å². The fraction of sp³-hybridized carbons (Fsp3) is 0.190. The Morgan fingerprint density at radius 3 is 2.56 bits per heavy atom. The summed E-state index contributed by atoms with van der Waals surface area (Å²) >= 11 is 5.91. The van der Waals surface area contributed by atoms with Gasteiger partial charge in [-0.25, -0.2) is 9.97 Å². The molecule has 1 heterocycles. The number of nitrogens with zero attached hydrogens (tertiary/aromatic N) is 2. The van der Waals surface area contributed by atoms with Crippen molar-refractivity contribution in [1.82, 2.24) is 9.97 Å². The molecule has 0 saturated carbocycles. The number of anilines is 2. The first-order chi connectivity index (χ1) is 13.0. The number of rotatable bonds is 6. The lowest BCUT2D eigenvalue weighted by atomic mass is 10.1. The summed E-state index contributed by atoms with van der Waals surface area (Å²) in [4.78, 5) is 21.3. The maximum absolute atomic E-state index is 12.7. The van der Waals surface area contributed by atoms with E-state index in [4.69, 9.17) is 11.6 Å². The maximum atomic E-state index is 12.7. The Bertz CT molecular complexity index is 941. The Balaban J connectivity index is 1.74. The smallest absolute Gasteiger partial charge is 0.274 e. The first kappa shape index (κ1) is 18.9. The molecule has 0 saturated heterocycles. The van der Waals surface area contributed by atoms with Gasteiger partial charge in [0.2, 0.25) is 0 Å². The number of nitrogens with one attached hydrogen (secondary N) is 2. The minimum atomic E-state index is -0.254. The van der Waals surface area contributed by atoms with Crippen molar-refractivity contribution in [2.24, 2.45) is 0 Å². The van der Waals surface area contributed by atoms with Crippen LogP contribution < -0.4 is 10.6 Å². The molecule has 2 N–H and O–H groups in total. The third-order valence-electron chi connectivity index (χ3n) is 4.10. The minimum absolute atomic E-state index is 0.254. The highest BCUT2D eigenvalue weighted by atomic mass is 35.5. The van der Waals surface area contributed by atoms with E-state index in [1.54, 1.807) is 13.0 Å². The van der Waals surface area contributed by atoms with Crippen LogP contribution in [0, 0.1) is 6.92 Å². The predicted molar refractivity (Wildman–Crippen MR) is 109 cm³/mol. The molecule has 0 bridgehead atoms. The molecule has 0 aliphatic rings. The van der Waals surface area contributed by atoms with Gasteiger partial charge in [-0.05, 0) is 42.7 Å². The van der Waals surface area contributed by atoms with Crippen LogP contribution in [-0.4, -0.2) is 15.9 Å². The summed E-state index contributed by atoms with van der Waals surface area (Å²) in [5, 5.41) is 6.87. The second-order valence-corrected chi connectivity index (χ2v) is 6.57. The second-order valence-electron chi connectivity index (χ2n) is 6.13. The van der Waals surface area contributed by atoms with Gasteiger partial charge < -0.3 is 10.6 Å². The molecule has 0 spiro atoms. The molecular formula is C21H21ClN4O. The quantitative estimate of drug-likeness (QED) is 0.640. The Kier molecular flexibility index (Phi) is 6.04. The SMILES string of the molecule is CCc1ccccc1NC(=O)c1cc(NCc2ccc(Cl)cc2)nc(C)n1. The topological polar surface area (TPSA) is 66.9 Å². The molecule has 0 unspecified atom stereocenters. The molecule has 0 radical (unpaired) electrons. The molecular weight excluding hydrogens is 360 g/mol. The van der Waals surface area contributed by atoms with Crippen molar-refractivity contribution in [3.05, 3.63) is 82.3 Å². The van der Waals surface area contributed by atoms with Crippen LogP contribution in [0.15, 0.2) is 54.6 Å². The van der Waals surface area contributed by atoms with Gasteiger partial charge in [0.15, 0.2) is 0 Å². The highest BCUT2D eigenvalue weighted by molar-refractivity contribution is 6.30. The van der Waals surface area contributed by atoms with E-state index in [1.807, 2.05) is 48.5 Å². The van der Waals surface area contributed by atoms with Gasteiger partial charge in [-0.2, -0.15) is 0 Å². The fourth-order valence-electron chi connectivity index (χ4n) is 2.71. The van der Waals surface area contributed by atoms with Crippen LogP contribution in [-0.2, 0) is 13.0 Å². The average molecular weight is 381 g/mol. The lowest BCUT2D eigenvalue weighted by molar-refractivity contribution is 0.102. The summed E-state index contributed by atoms with van der Waals surface area (Å²) in [6, 6.07) is 17.0. The van der Waals surface area contributed by atoms with Crippen molar-refractivity contribution in [2.75, 3.05) is 10.6 Å². The van der Waals surface area contributed by atoms with Gasteiger partial charge in [-0.3, -0.25) is 4.79 Å². The summed E-state index contributed by atoms with van der Waals surface area (Å²) in [6.07, 6.45) is 0.840. The number of carbonyl (C=O) groups excluding carboxylic acids is 1. The van der Waals surface area contributed by atoms with Crippen molar-refractivity contribution in [2.45, 2.75) is 26.8 Å². The van der Waals surface area contributed by atoms with Crippen molar-refractivity contribution in [1.29, 1.82) is 0 Å². The van der Waals surface area contributed by atoms with E-state index in [0.29, 0.717) is 28.9 Å². The third kappa shape index (κ3) is 5.05. The standard InChI is InChI=1S/C21H21ClN4O/c1-3-16-6-4-5-7-18(16)26-21(27)19-12-20(25-14(2)24-19)23-13-15-8-10-17(22)11-9-15/h4-12H,3,13H2,1-2H3,(H,26,27)(H,23,24,25). The van der Waals surface area contributed by atoms with E-state index >= 15 is 0 Å². The molecule has 0 aliphatic heterocycles. The average Bonchev–Trinajstić information content (AvgIpc) is 2.67. The minimum Gasteiger partial charge on any atom is -0.366 e. The second kappa shape index (κ2) is 8.64. The zero-order valence-electron chi connectivity index (χ0n) is 15.3. The molecule has 3 aromatic rings. The maximum Gasteiger partial charge on any atom is 0.274 e. The Morgan fingerprint density at radius 1 is 1.07 bits per heavy atom. The zero-order chi connectivity index (χ0) is 19.2. The summed E-state index contributed by atoms with van der Waals surface area (Å²) in [5.74, 6) is 0.882. The predicted octanol–water partition coefficient (Wildman–Crippen LogP) is 4.87. The fourth-order valence-corrected chi connectivity index (χ4v) is 2.83. The molecule has 1 aromatic heterocycles.